The zero-order valence-electron chi connectivity index (χ0n) is 45.1. The van der Waals surface area contributed by atoms with Gasteiger partial charge < -0.3 is 64.2 Å². The van der Waals surface area contributed by atoms with Gasteiger partial charge >= 0.3 is 5.97 Å². The molecule has 7 N–H and O–H groups in total. The Balaban J connectivity index is 1.74. The molecule has 11 unspecified atom stereocenters. The lowest BCUT2D eigenvalue weighted by Gasteiger charge is -2.42. The molecule has 0 spiro atoms. The summed E-state index contributed by atoms with van der Waals surface area (Å²) in [5.41, 5.74) is 0. The number of esters is 1. The summed E-state index contributed by atoms with van der Waals surface area (Å²) in [6.07, 6.45) is 41.2. The number of carbonyl (C=O) groups excluding carboxylic acids is 1. The van der Waals surface area contributed by atoms with Crippen LogP contribution in [0.1, 0.15) is 194 Å². The molecule has 0 saturated carbocycles. The summed E-state index contributed by atoms with van der Waals surface area (Å²) in [4.78, 5) is 13.0. The number of hydrogen-bond acceptors (Lipinski definition) is 14. The van der Waals surface area contributed by atoms with Gasteiger partial charge in [-0.15, -0.1) is 0 Å². The first-order valence-corrected chi connectivity index (χ1v) is 28.5. The summed E-state index contributed by atoms with van der Waals surface area (Å²) in [7, 11) is 0. The molecule has 0 aliphatic carbocycles. The molecule has 2 saturated heterocycles. The maximum absolute atomic E-state index is 13.0. The van der Waals surface area contributed by atoms with E-state index in [1.165, 1.54) is 109 Å². The fourth-order valence-corrected chi connectivity index (χ4v) is 8.61. The van der Waals surface area contributed by atoms with Crippen LogP contribution in [-0.4, -0.2) is 142 Å². The monoisotopic (exact) mass is 1030 g/mol. The highest BCUT2D eigenvalue weighted by atomic mass is 16.7. The molecule has 73 heavy (non-hydrogen) atoms. The van der Waals surface area contributed by atoms with Crippen molar-refractivity contribution >= 4 is 5.97 Å². The van der Waals surface area contributed by atoms with Gasteiger partial charge in [0, 0.05) is 13.0 Å². The van der Waals surface area contributed by atoms with Crippen LogP contribution in [0.5, 0.6) is 0 Å². The van der Waals surface area contributed by atoms with Gasteiger partial charge in [0.05, 0.1) is 26.4 Å². The molecule has 0 amide bonds. The van der Waals surface area contributed by atoms with Gasteiger partial charge in [-0.2, -0.15) is 0 Å². The molecule has 2 aliphatic heterocycles. The van der Waals surface area contributed by atoms with Crippen LogP contribution in [0.15, 0.2) is 72.9 Å². The topological polar surface area (TPSA) is 214 Å². The number of rotatable bonds is 45. The summed E-state index contributed by atoms with van der Waals surface area (Å²) in [5, 5.41) is 72.3. The molecule has 0 radical (unpaired) electrons. The maximum atomic E-state index is 13.0. The zero-order chi connectivity index (χ0) is 53.0. The van der Waals surface area contributed by atoms with E-state index in [9.17, 15) is 40.5 Å². The van der Waals surface area contributed by atoms with Crippen LogP contribution in [0.3, 0.4) is 0 Å². The number of allylic oxidation sites excluding steroid dienone is 12. The molecule has 14 nitrogen and oxygen atoms in total. The number of unbranched alkanes of at least 4 members (excludes halogenated alkanes) is 19. The van der Waals surface area contributed by atoms with Crippen molar-refractivity contribution in [3.05, 3.63) is 72.9 Å². The van der Waals surface area contributed by atoms with Crippen molar-refractivity contribution in [2.45, 2.75) is 261 Å². The van der Waals surface area contributed by atoms with Gasteiger partial charge in [-0.3, -0.25) is 4.79 Å². The van der Waals surface area contributed by atoms with E-state index in [1.807, 2.05) is 6.08 Å². The van der Waals surface area contributed by atoms with Gasteiger partial charge in [0.2, 0.25) is 0 Å². The molecule has 14 heteroatoms. The molecule has 11 atom stereocenters. The minimum Gasteiger partial charge on any atom is -0.457 e. The molecule has 0 aromatic heterocycles. The average Bonchev–Trinajstić information content (AvgIpc) is 3.39. The Labute approximate surface area is 440 Å². The molecule has 2 heterocycles. The van der Waals surface area contributed by atoms with Crippen LogP contribution in [0.25, 0.3) is 0 Å². The summed E-state index contributed by atoms with van der Waals surface area (Å²) < 4.78 is 34.3. The molecule has 0 bridgehead atoms. The second-order valence-electron chi connectivity index (χ2n) is 19.7. The molecular formula is C59H102O14. The van der Waals surface area contributed by atoms with Crippen LogP contribution in [-0.2, 0) is 33.2 Å². The maximum Gasteiger partial charge on any atom is 0.306 e. The van der Waals surface area contributed by atoms with Crippen molar-refractivity contribution in [3.63, 3.8) is 0 Å². The van der Waals surface area contributed by atoms with Crippen LogP contribution in [0.2, 0.25) is 0 Å². The second kappa shape index (κ2) is 45.6. The highest BCUT2D eigenvalue weighted by Crippen LogP contribution is 2.26. The van der Waals surface area contributed by atoms with Crippen LogP contribution in [0, 0.1) is 0 Å². The van der Waals surface area contributed by atoms with E-state index >= 15 is 0 Å². The van der Waals surface area contributed by atoms with Crippen molar-refractivity contribution in [1.29, 1.82) is 0 Å². The second-order valence-corrected chi connectivity index (χ2v) is 19.7. The van der Waals surface area contributed by atoms with Gasteiger partial charge in [0.15, 0.2) is 12.6 Å². The number of carbonyl (C=O) groups is 1. The SMILES string of the molecule is CC/C=C\C/C=C\C/C=C\C/C=C\C/C=C\CCCC(=O)OC(COCCCCCCCCCCCC/C=C\CCCCCCCCCC)COC1OC(COC2OC(CO)C(O)C(O)C2O)C(O)C(O)C1O. The van der Waals surface area contributed by atoms with E-state index in [2.05, 4.69) is 80.7 Å². The normalized spacial score (nSPS) is 25.5. The largest absolute Gasteiger partial charge is 0.457 e. The van der Waals surface area contributed by atoms with Crippen molar-refractivity contribution in [2.24, 2.45) is 0 Å². The summed E-state index contributed by atoms with van der Waals surface area (Å²) in [6.45, 7) is 3.50. The first-order chi connectivity index (χ1) is 35.6. The zero-order valence-corrected chi connectivity index (χ0v) is 45.1. The Morgan fingerprint density at radius 3 is 1.41 bits per heavy atom. The van der Waals surface area contributed by atoms with Gasteiger partial charge in [-0.05, 0) is 77.0 Å². The quantitative estimate of drug-likeness (QED) is 0.0172. The van der Waals surface area contributed by atoms with Crippen LogP contribution >= 0.6 is 0 Å². The van der Waals surface area contributed by atoms with Gasteiger partial charge in [0.25, 0.3) is 0 Å². The average molecular weight is 1040 g/mol. The smallest absolute Gasteiger partial charge is 0.306 e. The number of aliphatic hydroxyl groups excluding tert-OH is 7. The predicted molar refractivity (Wildman–Crippen MR) is 289 cm³/mol. The van der Waals surface area contributed by atoms with Gasteiger partial charge in [0.1, 0.15) is 54.9 Å². The van der Waals surface area contributed by atoms with E-state index in [4.69, 9.17) is 28.4 Å². The summed E-state index contributed by atoms with van der Waals surface area (Å²) in [6, 6.07) is 0. The van der Waals surface area contributed by atoms with Crippen molar-refractivity contribution in [3.8, 4) is 0 Å². The Bertz CT molecular complexity index is 1480. The van der Waals surface area contributed by atoms with E-state index in [0.29, 0.717) is 19.4 Å². The molecule has 2 aliphatic rings. The summed E-state index contributed by atoms with van der Waals surface area (Å²) in [5.74, 6) is -0.433. The fraction of sp³-hybridized carbons (Fsp3) is 0.780. The van der Waals surface area contributed by atoms with Crippen molar-refractivity contribution < 1.29 is 69.0 Å². The lowest BCUT2D eigenvalue weighted by atomic mass is 9.98. The lowest BCUT2D eigenvalue weighted by molar-refractivity contribution is -0.332. The highest BCUT2D eigenvalue weighted by molar-refractivity contribution is 5.69. The summed E-state index contributed by atoms with van der Waals surface area (Å²) >= 11 is 0. The van der Waals surface area contributed by atoms with Gasteiger partial charge in [-0.25, -0.2) is 0 Å². The molecule has 2 fully saturated rings. The Hall–Kier alpha value is -2.57. The molecule has 0 aromatic rings. The molecule has 422 valence electrons. The van der Waals surface area contributed by atoms with Crippen LogP contribution < -0.4 is 0 Å². The third-order valence-electron chi connectivity index (χ3n) is 13.2. The fourth-order valence-electron chi connectivity index (χ4n) is 8.61. The van der Waals surface area contributed by atoms with Crippen molar-refractivity contribution in [2.75, 3.05) is 33.0 Å². The predicted octanol–water partition coefficient (Wildman–Crippen LogP) is 9.86. The Morgan fingerprint density at radius 1 is 0.466 bits per heavy atom. The van der Waals surface area contributed by atoms with E-state index in [0.717, 1.165) is 51.4 Å². The first kappa shape index (κ1) is 66.5. The van der Waals surface area contributed by atoms with Gasteiger partial charge in [-0.1, -0.05) is 183 Å². The lowest BCUT2D eigenvalue weighted by Crippen LogP contribution is -2.61. The first-order valence-electron chi connectivity index (χ1n) is 28.5. The third kappa shape index (κ3) is 32.6. The molecule has 2 rings (SSSR count). The molecule has 0 aromatic carbocycles. The van der Waals surface area contributed by atoms with E-state index in [1.54, 1.807) is 0 Å². The number of aliphatic hydroxyl groups is 7. The number of hydrogen-bond donors (Lipinski definition) is 7. The van der Waals surface area contributed by atoms with E-state index in [-0.39, 0.29) is 19.6 Å². The van der Waals surface area contributed by atoms with E-state index < -0.39 is 86.7 Å². The third-order valence-corrected chi connectivity index (χ3v) is 13.2. The Morgan fingerprint density at radius 2 is 0.890 bits per heavy atom. The Kier molecular flexibility index (Phi) is 41.6. The van der Waals surface area contributed by atoms with Crippen molar-refractivity contribution in [1.82, 2.24) is 0 Å². The molecular weight excluding hydrogens is 933 g/mol. The minimum atomic E-state index is -1.72. The minimum absolute atomic E-state index is 0.0349. The number of ether oxygens (including phenoxy) is 6. The van der Waals surface area contributed by atoms with Crippen LogP contribution in [0.4, 0.5) is 0 Å². The highest BCUT2D eigenvalue weighted by Gasteiger charge is 2.47. The standard InChI is InChI=1S/C59H102O14/c1-3-5-7-9-11-13-15-17-19-21-22-23-24-25-27-29-31-33-35-37-39-41-43-68-45-48(71-51(61)42-40-38-36-34-32-30-28-26-20-18-16-14-12-10-8-6-4-2)46-69-58-57(67)55(65)53(63)50(73-58)47-70-59-56(66)54(64)52(62)49(44-60)72-59/h6,8,12,14,18,20-22,28,30,34,36,48-50,52-60,62-67H,3-5,7,9-11,13,15-17,19,23-27,29,31-33,35,37-47H2,1-2H3/b8-6-,14-12-,20-18-,22-21-,30-28-,36-34-.